The van der Waals surface area contributed by atoms with Gasteiger partial charge in [-0.05, 0) is 6.92 Å². The summed E-state index contributed by atoms with van der Waals surface area (Å²) in [6, 6.07) is 0. The van der Waals surface area contributed by atoms with Crippen molar-refractivity contribution in [2.75, 3.05) is 0 Å². The third kappa shape index (κ3) is 1.71. The molecule has 0 aromatic carbocycles. The minimum atomic E-state index is -0.949. The molecule has 0 bridgehead atoms. The van der Waals surface area contributed by atoms with Crippen molar-refractivity contribution in [2.45, 2.75) is 13.5 Å². The molecule has 5 heteroatoms. The van der Waals surface area contributed by atoms with Crippen molar-refractivity contribution in [3.8, 4) is 0 Å². The van der Waals surface area contributed by atoms with E-state index in [0.29, 0.717) is 5.15 Å². The third-order valence-corrected chi connectivity index (χ3v) is 1.72. The lowest BCUT2D eigenvalue weighted by Crippen LogP contribution is -2.09. The Morgan fingerprint density at radius 1 is 1.91 bits per heavy atom. The SMILES string of the molecule is Cc1cnn(CC(=O)O)c1Cl. The van der Waals surface area contributed by atoms with E-state index in [4.69, 9.17) is 16.7 Å². The van der Waals surface area contributed by atoms with Gasteiger partial charge in [0, 0.05) is 5.56 Å². The van der Waals surface area contributed by atoms with Crippen molar-refractivity contribution in [1.29, 1.82) is 0 Å². The lowest BCUT2D eigenvalue weighted by atomic mass is 10.4. The van der Waals surface area contributed by atoms with Crippen LogP contribution in [-0.4, -0.2) is 20.9 Å². The van der Waals surface area contributed by atoms with Gasteiger partial charge in [-0.2, -0.15) is 5.10 Å². The van der Waals surface area contributed by atoms with Crippen molar-refractivity contribution in [1.82, 2.24) is 9.78 Å². The maximum atomic E-state index is 10.2. The second-order valence-corrected chi connectivity index (χ2v) is 2.53. The molecular weight excluding hydrogens is 168 g/mol. The zero-order valence-corrected chi connectivity index (χ0v) is 6.67. The van der Waals surface area contributed by atoms with Crippen LogP contribution in [0.2, 0.25) is 5.15 Å². The monoisotopic (exact) mass is 174 g/mol. The van der Waals surface area contributed by atoms with E-state index in [1.165, 1.54) is 10.9 Å². The highest BCUT2D eigenvalue weighted by Gasteiger charge is 2.06. The van der Waals surface area contributed by atoms with Gasteiger partial charge in [0.25, 0.3) is 0 Å². The Morgan fingerprint density at radius 2 is 2.55 bits per heavy atom. The number of carboxylic acid groups (broad SMARTS) is 1. The molecule has 0 atom stereocenters. The first-order valence-electron chi connectivity index (χ1n) is 3.01. The van der Waals surface area contributed by atoms with E-state index >= 15 is 0 Å². The van der Waals surface area contributed by atoms with Crippen molar-refractivity contribution >= 4 is 17.6 Å². The molecule has 60 valence electrons. The summed E-state index contributed by atoms with van der Waals surface area (Å²) in [5, 5.41) is 12.5. The minimum absolute atomic E-state index is 0.188. The van der Waals surface area contributed by atoms with Gasteiger partial charge < -0.3 is 5.11 Å². The second-order valence-electron chi connectivity index (χ2n) is 2.17. The van der Waals surface area contributed by atoms with Crippen LogP contribution in [-0.2, 0) is 11.3 Å². The van der Waals surface area contributed by atoms with Crippen LogP contribution in [0.4, 0.5) is 0 Å². The van der Waals surface area contributed by atoms with E-state index in [2.05, 4.69) is 5.10 Å². The molecule has 4 nitrogen and oxygen atoms in total. The maximum Gasteiger partial charge on any atom is 0.325 e. The summed E-state index contributed by atoms with van der Waals surface area (Å²) in [6.07, 6.45) is 1.53. The van der Waals surface area contributed by atoms with Crippen LogP contribution in [0.1, 0.15) is 5.56 Å². The summed E-state index contributed by atoms with van der Waals surface area (Å²) in [6.45, 7) is 1.58. The number of nitrogens with zero attached hydrogens (tertiary/aromatic N) is 2. The highest BCUT2D eigenvalue weighted by atomic mass is 35.5. The predicted octanol–water partition coefficient (Wildman–Crippen LogP) is 0.930. The summed E-state index contributed by atoms with van der Waals surface area (Å²) >= 11 is 5.69. The smallest absolute Gasteiger partial charge is 0.325 e. The van der Waals surface area contributed by atoms with Gasteiger partial charge in [0.2, 0.25) is 0 Å². The Kier molecular flexibility index (Phi) is 2.14. The standard InChI is InChI=1S/C6H7ClN2O2/c1-4-2-8-9(6(4)7)3-5(10)11/h2H,3H2,1H3,(H,10,11). The fourth-order valence-corrected chi connectivity index (χ4v) is 0.854. The minimum Gasteiger partial charge on any atom is -0.480 e. The zero-order chi connectivity index (χ0) is 8.43. The fourth-order valence-electron chi connectivity index (χ4n) is 0.702. The predicted molar refractivity (Wildman–Crippen MR) is 39.6 cm³/mol. The lowest BCUT2D eigenvalue weighted by Gasteiger charge is -1.96. The molecule has 0 unspecified atom stereocenters. The molecule has 1 aromatic heterocycles. The largest absolute Gasteiger partial charge is 0.480 e. The van der Waals surface area contributed by atoms with E-state index in [9.17, 15) is 4.79 Å². The second kappa shape index (κ2) is 2.92. The Hall–Kier alpha value is -1.03. The molecule has 0 saturated heterocycles. The van der Waals surface area contributed by atoms with Crippen LogP contribution in [0.25, 0.3) is 0 Å². The van der Waals surface area contributed by atoms with Crippen LogP contribution in [0.5, 0.6) is 0 Å². The summed E-state index contributed by atoms with van der Waals surface area (Å²) in [4.78, 5) is 10.2. The quantitative estimate of drug-likeness (QED) is 0.726. The Bertz CT molecular complexity index is 282. The topological polar surface area (TPSA) is 55.1 Å². The van der Waals surface area contributed by atoms with Crippen LogP contribution in [0, 0.1) is 6.92 Å². The van der Waals surface area contributed by atoms with E-state index in [0.717, 1.165) is 5.56 Å². The van der Waals surface area contributed by atoms with Crippen molar-refractivity contribution in [2.24, 2.45) is 0 Å². The van der Waals surface area contributed by atoms with Gasteiger partial charge in [0.15, 0.2) is 0 Å². The first-order chi connectivity index (χ1) is 5.11. The number of rotatable bonds is 2. The van der Waals surface area contributed by atoms with Gasteiger partial charge in [0.05, 0.1) is 6.20 Å². The van der Waals surface area contributed by atoms with Crippen LogP contribution in [0.15, 0.2) is 6.20 Å². The van der Waals surface area contributed by atoms with Crippen molar-refractivity contribution in [3.05, 3.63) is 16.9 Å². The molecule has 1 rings (SSSR count). The highest BCUT2D eigenvalue weighted by Crippen LogP contribution is 2.12. The number of carbonyl (C=O) groups is 1. The highest BCUT2D eigenvalue weighted by molar-refractivity contribution is 6.30. The average molecular weight is 175 g/mol. The first-order valence-corrected chi connectivity index (χ1v) is 3.38. The molecule has 0 spiro atoms. The van der Waals surface area contributed by atoms with Gasteiger partial charge in [0.1, 0.15) is 11.7 Å². The molecule has 0 radical (unpaired) electrons. The van der Waals surface area contributed by atoms with E-state index in [1.807, 2.05) is 0 Å². The summed E-state index contributed by atoms with van der Waals surface area (Å²) in [5.41, 5.74) is 0.785. The number of aromatic nitrogens is 2. The number of halogens is 1. The zero-order valence-electron chi connectivity index (χ0n) is 5.91. The molecule has 1 N–H and O–H groups in total. The lowest BCUT2D eigenvalue weighted by molar-refractivity contribution is -0.137. The molecule has 1 aromatic rings. The Morgan fingerprint density at radius 3 is 2.91 bits per heavy atom. The Balaban J connectivity index is 2.87. The van der Waals surface area contributed by atoms with Gasteiger partial charge in [-0.15, -0.1) is 0 Å². The molecular formula is C6H7ClN2O2. The van der Waals surface area contributed by atoms with Crippen LogP contribution >= 0.6 is 11.6 Å². The van der Waals surface area contributed by atoms with Crippen molar-refractivity contribution < 1.29 is 9.90 Å². The maximum absolute atomic E-state index is 10.2. The molecule has 11 heavy (non-hydrogen) atoms. The summed E-state index contributed by atoms with van der Waals surface area (Å²) in [7, 11) is 0. The third-order valence-electron chi connectivity index (χ3n) is 1.23. The molecule has 0 saturated carbocycles. The summed E-state index contributed by atoms with van der Waals surface area (Å²) < 4.78 is 1.24. The molecule has 0 aliphatic carbocycles. The van der Waals surface area contributed by atoms with Gasteiger partial charge in [-0.3, -0.25) is 4.79 Å². The normalized spacial score (nSPS) is 10.0. The van der Waals surface area contributed by atoms with Gasteiger partial charge in [-0.1, -0.05) is 11.6 Å². The number of hydrogen-bond acceptors (Lipinski definition) is 2. The Labute approximate surface area is 68.4 Å². The van der Waals surface area contributed by atoms with Crippen LogP contribution in [0.3, 0.4) is 0 Å². The average Bonchev–Trinajstić information content (AvgIpc) is 2.18. The number of aryl methyl sites for hydroxylation is 1. The van der Waals surface area contributed by atoms with Crippen molar-refractivity contribution in [3.63, 3.8) is 0 Å². The van der Waals surface area contributed by atoms with E-state index in [-0.39, 0.29) is 6.54 Å². The van der Waals surface area contributed by atoms with E-state index < -0.39 is 5.97 Å². The molecule has 1 heterocycles. The number of hydrogen-bond donors (Lipinski definition) is 1. The number of aliphatic carboxylic acids is 1. The summed E-state index contributed by atoms with van der Waals surface area (Å²) in [5.74, 6) is -0.949. The molecule has 0 aliphatic rings. The van der Waals surface area contributed by atoms with Gasteiger partial charge in [-0.25, -0.2) is 4.68 Å². The number of carboxylic acids is 1. The van der Waals surface area contributed by atoms with Gasteiger partial charge >= 0.3 is 5.97 Å². The molecule has 0 amide bonds. The molecule has 0 fully saturated rings. The van der Waals surface area contributed by atoms with E-state index in [1.54, 1.807) is 6.92 Å². The van der Waals surface area contributed by atoms with Crippen LogP contribution < -0.4 is 0 Å². The molecule has 0 aliphatic heterocycles. The fraction of sp³-hybridized carbons (Fsp3) is 0.333. The first kappa shape index (κ1) is 8.07.